The number of aliphatic hydroxyl groups is 1. The van der Waals surface area contributed by atoms with Crippen molar-refractivity contribution in [1.29, 1.82) is 5.26 Å². The lowest BCUT2D eigenvalue weighted by Gasteiger charge is -2.57. The lowest BCUT2D eigenvalue weighted by Crippen LogP contribution is -2.58. The first-order valence-electron chi connectivity index (χ1n) is 10.2. The first-order valence-corrected chi connectivity index (χ1v) is 10.2. The molecule has 7 nitrogen and oxygen atoms in total. The standard InChI is InChI=1S/C21H25N3O4/c22-11-13-1-4-24(18(25)7-13)17-2-3-23(12-17)20(26)28-19-15-5-14-6-16(19)10-21(27,8-14)9-15/h1,4,7,14-17,19,27H,2-3,5-6,8-10,12H2/t14?,15?,16?,17-,19-,21-/m1/s1. The van der Waals surface area contributed by atoms with E-state index >= 15 is 0 Å². The molecule has 7 heteroatoms. The second-order valence-corrected chi connectivity index (χ2v) is 9.20. The number of nitriles is 1. The summed E-state index contributed by atoms with van der Waals surface area (Å²) < 4.78 is 7.56. The van der Waals surface area contributed by atoms with Gasteiger partial charge in [-0.15, -0.1) is 0 Å². The highest BCUT2D eigenvalue weighted by molar-refractivity contribution is 5.68. The summed E-state index contributed by atoms with van der Waals surface area (Å²) >= 11 is 0. The molecule has 5 aliphatic rings. The molecule has 4 saturated carbocycles. The second-order valence-electron chi connectivity index (χ2n) is 9.20. The smallest absolute Gasteiger partial charge is 0.410 e. The van der Waals surface area contributed by atoms with E-state index in [1.54, 1.807) is 21.7 Å². The van der Waals surface area contributed by atoms with Crippen LogP contribution in [0.25, 0.3) is 0 Å². The van der Waals surface area contributed by atoms with Gasteiger partial charge in [-0.3, -0.25) is 4.79 Å². The summed E-state index contributed by atoms with van der Waals surface area (Å²) in [7, 11) is 0. The zero-order valence-corrected chi connectivity index (χ0v) is 15.8. The highest BCUT2D eigenvalue weighted by Gasteiger charge is 2.56. The molecule has 0 aromatic carbocycles. The molecule has 6 rings (SSSR count). The van der Waals surface area contributed by atoms with Gasteiger partial charge in [0.05, 0.1) is 23.3 Å². The van der Waals surface area contributed by atoms with E-state index in [9.17, 15) is 14.7 Å². The molecule has 2 heterocycles. The van der Waals surface area contributed by atoms with E-state index in [4.69, 9.17) is 10.00 Å². The maximum absolute atomic E-state index is 12.8. The van der Waals surface area contributed by atoms with Crippen molar-refractivity contribution in [1.82, 2.24) is 9.47 Å². The SMILES string of the molecule is N#Cc1ccn([C@@H]2CCN(C(=O)O[C@H]3C4CC5CC3C[C@](O)(C5)C4)C2)c(=O)c1. The fourth-order valence-corrected chi connectivity index (χ4v) is 6.31. The van der Waals surface area contributed by atoms with Crippen LogP contribution in [0.1, 0.15) is 50.1 Å². The van der Waals surface area contributed by atoms with Crippen molar-refractivity contribution in [3.8, 4) is 6.07 Å². The Morgan fingerprint density at radius 3 is 2.68 bits per heavy atom. The van der Waals surface area contributed by atoms with Crippen LogP contribution in [0.2, 0.25) is 0 Å². The van der Waals surface area contributed by atoms with Crippen LogP contribution in [0.4, 0.5) is 4.79 Å². The zero-order chi connectivity index (χ0) is 19.5. The Labute approximate surface area is 163 Å². The molecule has 1 aromatic heterocycles. The molecule has 1 aromatic rings. The zero-order valence-electron chi connectivity index (χ0n) is 15.8. The van der Waals surface area contributed by atoms with Crippen LogP contribution in [0.3, 0.4) is 0 Å². The number of hydrogen-bond donors (Lipinski definition) is 1. The van der Waals surface area contributed by atoms with Gasteiger partial charge in [-0.1, -0.05) is 0 Å². The van der Waals surface area contributed by atoms with E-state index < -0.39 is 5.60 Å². The minimum absolute atomic E-state index is 0.0824. The molecule has 1 amide bonds. The lowest BCUT2D eigenvalue weighted by atomic mass is 9.53. The van der Waals surface area contributed by atoms with Gasteiger partial charge < -0.3 is 19.3 Å². The van der Waals surface area contributed by atoms with Gasteiger partial charge in [0.2, 0.25) is 0 Å². The molecular weight excluding hydrogens is 358 g/mol. The number of ether oxygens (including phenoxy) is 1. The quantitative estimate of drug-likeness (QED) is 0.843. The van der Waals surface area contributed by atoms with E-state index in [1.807, 2.05) is 6.07 Å². The molecule has 0 spiro atoms. The predicted molar refractivity (Wildman–Crippen MR) is 99.4 cm³/mol. The third-order valence-corrected chi connectivity index (χ3v) is 7.28. The van der Waals surface area contributed by atoms with Crippen LogP contribution in [0.15, 0.2) is 23.1 Å². The van der Waals surface area contributed by atoms with Crippen LogP contribution < -0.4 is 5.56 Å². The Balaban J connectivity index is 1.24. The molecule has 1 saturated heterocycles. The average molecular weight is 383 g/mol. The summed E-state index contributed by atoms with van der Waals surface area (Å²) in [6, 6.07) is 4.84. The fraction of sp³-hybridized carbons (Fsp3) is 0.667. The highest BCUT2D eigenvalue weighted by Crippen LogP contribution is 2.56. The van der Waals surface area contributed by atoms with Gasteiger partial charge in [0.25, 0.3) is 5.56 Å². The van der Waals surface area contributed by atoms with Crippen molar-refractivity contribution >= 4 is 6.09 Å². The molecule has 28 heavy (non-hydrogen) atoms. The van der Waals surface area contributed by atoms with Crippen molar-refractivity contribution < 1.29 is 14.6 Å². The first-order chi connectivity index (χ1) is 13.4. The van der Waals surface area contributed by atoms with E-state index in [-0.39, 0.29) is 35.6 Å². The van der Waals surface area contributed by atoms with Gasteiger partial charge in [0.1, 0.15) is 6.10 Å². The Morgan fingerprint density at radius 1 is 1.29 bits per heavy atom. The number of aromatic nitrogens is 1. The Hall–Kier alpha value is -2.33. The molecule has 2 unspecified atom stereocenters. The fourth-order valence-electron chi connectivity index (χ4n) is 6.31. The van der Waals surface area contributed by atoms with Gasteiger partial charge >= 0.3 is 6.09 Å². The topological polar surface area (TPSA) is 95.6 Å². The molecule has 5 fully saturated rings. The summed E-state index contributed by atoms with van der Waals surface area (Å²) in [5.74, 6) is 1.14. The number of pyridine rings is 1. The maximum Gasteiger partial charge on any atom is 0.410 e. The lowest BCUT2D eigenvalue weighted by molar-refractivity contribution is -0.177. The normalized spacial score (nSPS) is 38.4. The second kappa shape index (κ2) is 6.35. The number of carbonyl (C=O) groups is 1. The van der Waals surface area contributed by atoms with Crippen molar-refractivity contribution in [2.45, 2.75) is 56.3 Å². The number of hydrogen-bond acceptors (Lipinski definition) is 5. The van der Waals surface area contributed by atoms with Crippen LogP contribution in [-0.2, 0) is 4.74 Å². The molecule has 1 aliphatic heterocycles. The van der Waals surface area contributed by atoms with Gasteiger partial charge in [-0.2, -0.15) is 5.26 Å². The van der Waals surface area contributed by atoms with Crippen molar-refractivity contribution in [3.63, 3.8) is 0 Å². The van der Waals surface area contributed by atoms with Gasteiger partial charge in [0, 0.05) is 25.4 Å². The molecule has 3 atom stereocenters. The summed E-state index contributed by atoms with van der Waals surface area (Å²) in [5, 5.41) is 19.6. The largest absolute Gasteiger partial charge is 0.446 e. The van der Waals surface area contributed by atoms with E-state index in [2.05, 4.69) is 0 Å². The summed E-state index contributed by atoms with van der Waals surface area (Å²) in [4.78, 5) is 26.7. The number of nitrogens with zero attached hydrogens (tertiary/aromatic N) is 3. The van der Waals surface area contributed by atoms with Crippen molar-refractivity contribution in [3.05, 3.63) is 34.2 Å². The molecule has 148 valence electrons. The average Bonchev–Trinajstić information content (AvgIpc) is 3.13. The van der Waals surface area contributed by atoms with Gasteiger partial charge in [-0.25, -0.2) is 4.79 Å². The number of carbonyl (C=O) groups excluding carboxylic acids is 1. The minimum Gasteiger partial charge on any atom is -0.446 e. The van der Waals surface area contributed by atoms with Gasteiger partial charge in [0.15, 0.2) is 0 Å². The Morgan fingerprint density at radius 2 is 2.04 bits per heavy atom. The third-order valence-electron chi connectivity index (χ3n) is 7.28. The highest BCUT2D eigenvalue weighted by atomic mass is 16.6. The molecule has 4 aliphatic carbocycles. The van der Waals surface area contributed by atoms with Crippen LogP contribution in [0.5, 0.6) is 0 Å². The third kappa shape index (κ3) is 2.91. The summed E-state index contributed by atoms with van der Waals surface area (Å²) in [6.07, 6.45) is 6.48. The predicted octanol–water partition coefficient (Wildman–Crippen LogP) is 2.04. The molecule has 4 bridgehead atoms. The maximum atomic E-state index is 12.8. The van der Waals surface area contributed by atoms with Crippen LogP contribution in [0, 0.1) is 29.1 Å². The van der Waals surface area contributed by atoms with Crippen LogP contribution >= 0.6 is 0 Å². The Bertz CT molecular complexity index is 888. The van der Waals surface area contributed by atoms with E-state index in [1.165, 1.54) is 6.07 Å². The van der Waals surface area contributed by atoms with E-state index in [0.717, 1.165) is 32.1 Å². The minimum atomic E-state index is -0.533. The molecule has 1 N–H and O–H groups in total. The van der Waals surface area contributed by atoms with E-state index in [0.29, 0.717) is 31.0 Å². The summed E-state index contributed by atoms with van der Waals surface area (Å²) in [5.41, 5.74) is -0.401. The van der Waals surface area contributed by atoms with Crippen LogP contribution in [-0.4, -0.2) is 45.5 Å². The van der Waals surface area contributed by atoms with Gasteiger partial charge in [-0.05, 0) is 62.3 Å². The molecular formula is C21H25N3O4. The Kier molecular flexibility index (Phi) is 4.02. The number of likely N-dealkylation sites (tertiary alicyclic amines) is 1. The first kappa shape index (κ1) is 17.7. The van der Waals surface area contributed by atoms with Crippen molar-refractivity contribution in [2.75, 3.05) is 13.1 Å². The number of amides is 1. The monoisotopic (exact) mass is 383 g/mol. The molecule has 0 radical (unpaired) electrons. The number of rotatable bonds is 2. The summed E-state index contributed by atoms with van der Waals surface area (Å²) in [6.45, 7) is 1.00. The van der Waals surface area contributed by atoms with Crippen molar-refractivity contribution in [2.24, 2.45) is 17.8 Å².